The summed E-state index contributed by atoms with van der Waals surface area (Å²) in [5.41, 5.74) is 0. The van der Waals surface area contributed by atoms with E-state index >= 15 is 0 Å². The van der Waals surface area contributed by atoms with Gasteiger partial charge in [0.15, 0.2) is 6.61 Å². The fourth-order valence-corrected chi connectivity index (χ4v) is 3.99. The van der Waals surface area contributed by atoms with Crippen molar-refractivity contribution in [2.24, 2.45) is 0 Å². The maximum atomic E-state index is 12.4. The van der Waals surface area contributed by atoms with Crippen molar-refractivity contribution >= 4 is 15.9 Å². The van der Waals surface area contributed by atoms with E-state index < -0.39 is 10.0 Å². The zero-order valence-corrected chi connectivity index (χ0v) is 14.9. The molecule has 0 aromatic heterocycles. The van der Waals surface area contributed by atoms with E-state index in [0.717, 1.165) is 32.1 Å². The molecule has 1 fully saturated rings. The third-order valence-corrected chi connectivity index (χ3v) is 5.54. The molecule has 6 nitrogen and oxygen atoms in total. The number of amides is 1. The minimum absolute atomic E-state index is 0.0296. The average molecular weight is 354 g/mol. The van der Waals surface area contributed by atoms with Crippen LogP contribution >= 0.6 is 0 Å². The number of sulfonamides is 1. The van der Waals surface area contributed by atoms with Gasteiger partial charge >= 0.3 is 0 Å². The average Bonchev–Trinajstić information content (AvgIpc) is 2.59. The molecule has 1 aliphatic carbocycles. The van der Waals surface area contributed by atoms with Crippen molar-refractivity contribution in [1.82, 2.24) is 10.0 Å². The van der Waals surface area contributed by atoms with E-state index in [2.05, 4.69) is 10.0 Å². The van der Waals surface area contributed by atoms with Crippen molar-refractivity contribution in [3.05, 3.63) is 24.3 Å². The van der Waals surface area contributed by atoms with Crippen LogP contribution in [0.4, 0.5) is 0 Å². The van der Waals surface area contributed by atoms with Gasteiger partial charge in [0.1, 0.15) is 5.75 Å². The lowest BCUT2D eigenvalue weighted by molar-refractivity contribution is -0.123. The number of rotatable bonds is 8. The van der Waals surface area contributed by atoms with Crippen molar-refractivity contribution in [2.45, 2.75) is 56.4 Å². The number of hydrogen-bond acceptors (Lipinski definition) is 4. The van der Waals surface area contributed by atoms with Crippen LogP contribution in [0, 0.1) is 0 Å². The van der Waals surface area contributed by atoms with E-state index in [1.165, 1.54) is 18.6 Å². The van der Waals surface area contributed by atoms with Gasteiger partial charge in [0.25, 0.3) is 5.91 Å². The number of carbonyl (C=O) groups is 1. The predicted octanol–water partition coefficient (Wildman–Crippen LogP) is 2.20. The second-order valence-electron chi connectivity index (χ2n) is 6.07. The second-order valence-corrected chi connectivity index (χ2v) is 7.78. The van der Waals surface area contributed by atoms with E-state index in [0.29, 0.717) is 12.3 Å². The summed E-state index contributed by atoms with van der Waals surface area (Å²) in [5, 5.41) is 2.71. The number of ether oxygens (including phenoxy) is 1. The molecule has 0 bridgehead atoms. The third-order valence-electron chi connectivity index (χ3n) is 4.00. The quantitative estimate of drug-likeness (QED) is 0.749. The van der Waals surface area contributed by atoms with Crippen LogP contribution in [-0.4, -0.2) is 33.5 Å². The lowest BCUT2D eigenvalue weighted by Gasteiger charge is -2.22. The second kappa shape index (κ2) is 9.03. The van der Waals surface area contributed by atoms with E-state index in [1.54, 1.807) is 12.1 Å². The van der Waals surface area contributed by atoms with Crippen molar-refractivity contribution in [3.63, 3.8) is 0 Å². The Bertz CT molecular complexity index is 622. The third kappa shape index (κ3) is 5.79. The van der Waals surface area contributed by atoms with Crippen LogP contribution in [0.5, 0.6) is 5.75 Å². The van der Waals surface area contributed by atoms with Gasteiger partial charge in [0, 0.05) is 12.6 Å². The zero-order chi connectivity index (χ0) is 17.4. The molecule has 1 aliphatic rings. The fraction of sp³-hybridized carbons (Fsp3) is 0.588. The summed E-state index contributed by atoms with van der Waals surface area (Å²) < 4.78 is 32.9. The van der Waals surface area contributed by atoms with Gasteiger partial charge in [0.05, 0.1) is 4.90 Å². The van der Waals surface area contributed by atoms with E-state index in [9.17, 15) is 13.2 Å². The molecule has 0 saturated heterocycles. The van der Waals surface area contributed by atoms with E-state index in [4.69, 9.17) is 4.74 Å². The summed E-state index contributed by atoms with van der Waals surface area (Å²) in [6.07, 6.45) is 5.98. The molecule has 0 aliphatic heterocycles. The van der Waals surface area contributed by atoms with Crippen molar-refractivity contribution in [3.8, 4) is 5.75 Å². The first kappa shape index (κ1) is 18.7. The first-order valence-electron chi connectivity index (χ1n) is 8.53. The largest absolute Gasteiger partial charge is 0.484 e. The standard InChI is InChI=1S/C17H26N2O4S/c1-2-12-18-17(20)13-23-15-8-10-16(11-9-15)24(21,22)19-14-6-4-3-5-7-14/h8-11,14,19H,2-7,12-13H2,1H3,(H,18,20). The van der Waals surface area contributed by atoms with Crippen molar-refractivity contribution in [1.29, 1.82) is 0 Å². The highest BCUT2D eigenvalue weighted by Crippen LogP contribution is 2.21. The summed E-state index contributed by atoms with van der Waals surface area (Å²) in [5.74, 6) is 0.283. The Hall–Kier alpha value is -1.60. The summed E-state index contributed by atoms with van der Waals surface area (Å²) in [6.45, 7) is 2.51. The molecule has 0 atom stereocenters. The molecule has 1 aromatic carbocycles. The highest BCUT2D eigenvalue weighted by atomic mass is 32.2. The summed E-state index contributed by atoms with van der Waals surface area (Å²) in [7, 11) is -3.50. The van der Waals surface area contributed by atoms with Gasteiger partial charge in [-0.1, -0.05) is 26.2 Å². The van der Waals surface area contributed by atoms with E-state index in [-0.39, 0.29) is 23.5 Å². The van der Waals surface area contributed by atoms with Crippen LogP contribution in [-0.2, 0) is 14.8 Å². The molecule has 1 saturated carbocycles. The highest BCUT2D eigenvalue weighted by molar-refractivity contribution is 7.89. The summed E-state index contributed by atoms with van der Waals surface area (Å²) >= 11 is 0. The normalized spacial score (nSPS) is 15.9. The Kier molecular flexibility index (Phi) is 7.05. The SMILES string of the molecule is CCCNC(=O)COc1ccc(S(=O)(=O)NC2CCCCC2)cc1. The van der Waals surface area contributed by atoms with Gasteiger partial charge in [-0.2, -0.15) is 0 Å². The smallest absolute Gasteiger partial charge is 0.257 e. The van der Waals surface area contributed by atoms with Gasteiger partial charge in [-0.3, -0.25) is 4.79 Å². The Morgan fingerprint density at radius 2 is 1.83 bits per heavy atom. The Labute approximate surface area is 144 Å². The first-order chi connectivity index (χ1) is 11.5. The molecule has 7 heteroatoms. The molecule has 0 heterocycles. The molecule has 1 amide bonds. The minimum Gasteiger partial charge on any atom is -0.484 e. The fourth-order valence-electron chi connectivity index (χ4n) is 2.69. The molecule has 24 heavy (non-hydrogen) atoms. The monoisotopic (exact) mass is 354 g/mol. The van der Waals surface area contributed by atoms with Crippen LogP contribution in [0.2, 0.25) is 0 Å². The lowest BCUT2D eigenvalue weighted by atomic mass is 9.96. The lowest BCUT2D eigenvalue weighted by Crippen LogP contribution is -2.36. The van der Waals surface area contributed by atoms with E-state index in [1.807, 2.05) is 6.92 Å². The maximum Gasteiger partial charge on any atom is 0.257 e. The van der Waals surface area contributed by atoms with Crippen LogP contribution in [0.25, 0.3) is 0 Å². The molecule has 0 spiro atoms. The summed E-state index contributed by atoms with van der Waals surface area (Å²) in [6, 6.07) is 6.18. The van der Waals surface area contributed by atoms with Crippen LogP contribution in [0.3, 0.4) is 0 Å². The van der Waals surface area contributed by atoms with Gasteiger partial charge in [0.2, 0.25) is 10.0 Å². The minimum atomic E-state index is -3.50. The zero-order valence-electron chi connectivity index (χ0n) is 14.1. The molecule has 2 N–H and O–H groups in total. The number of benzene rings is 1. The maximum absolute atomic E-state index is 12.4. The molecule has 134 valence electrons. The Balaban J connectivity index is 1.89. The van der Waals surface area contributed by atoms with Gasteiger partial charge in [-0.25, -0.2) is 13.1 Å². The molecular formula is C17H26N2O4S. The topological polar surface area (TPSA) is 84.5 Å². The number of carbonyl (C=O) groups excluding carboxylic acids is 1. The van der Waals surface area contributed by atoms with Crippen LogP contribution in [0.1, 0.15) is 45.4 Å². The summed E-state index contributed by atoms with van der Waals surface area (Å²) in [4.78, 5) is 11.7. The van der Waals surface area contributed by atoms with Gasteiger partial charge in [-0.05, 0) is 43.5 Å². The van der Waals surface area contributed by atoms with Gasteiger partial charge < -0.3 is 10.1 Å². The Morgan fingerprint density at radius 3 is 2.46 bits per heavy atom. The molecule has 0 unspecified atom stereocenters. The molecule has 0 radical (unpaired) electrons. The molecule has 1 aromatic rings. The van der Waals surface area contributed by atoms with Crippen molar-refractivity contribution < 1.29 is 17.9 Å². The molecule has 2 rings (SSSR count). The number of hydrogen-bond donors (Lipinski definition) is 2. The Morgan fingerprint density at radius 1 is 1.17 bits per heavy atom. The van der Waals surface area contributed by atoms with Crippen LogP contribution < -0.4 is 14.8 Å². The number of nitrogens with one attached hydrogen (secondary N) is 2. The van der Waals surface area contributed by atoms with Crippen molar-refractivity contribution in [2.75, 3.05) is 13.2 Å². The first-order valence-corrected chi connectivity index (χ1v) is 10.0. The molecular weight excluding hydrogens is 328 g/mol. The highest BCUT2D eigenvalue weighted by Gasteiger charge is 2.21. The van der Waals surface area contributed by atoms with Gasteiger partial charge in [-0.15, -0.1) is 0 Å². The van der Waals surface area contributed by atoms with Crippen LogP contribution in [0.15, 0.2) is 29.2 Å². The predicted molar refractivity (Wildman–Crippen MR) is 92.4 cm³/mol.